The van der Waals surface area contributed by atoms with E-state index in [1.807, 2.05) is 13.0 Å². The monoisotopic (exact) mass is 145 g/mol. The lowest BCUT2D eigenvalue weighted by Gasteiger charge is -1.89. The van der Waals surface area contributed by atoms with E-state index in [9.17, 15) is 4.79 Å². The zero-order valence-electron chi connectivity index (χ0n) is 6.16. The summed E-state index contributed by atoms with van der Waals surface area (Å²) < 4.78 is 0. The van der Waals surface area contributed by atoms with E-state index in [0.29, 0.717) is 12.0 Å². The molecule has 0 aliphatic carbocycles. The van der Waals surface area contributed by atoms with Gasteiger partial charge in [0.2, 0.25) is 0 Å². The normalized spacial score (nSPS) is 8.09. The summed E-state index contributed by atoms with van der Waals surface area (Å²) in [5.41, 5.74) is 1.71. The van der Waals surface area contributed by atoms with Gasteiger partial charge in [0.25, 0.3) is 0 Å². The van der Waals surface area contributed by atoms with Crippen LogP contribution in [0.4, 0.5) is 0 Å². The van der Waals surface area contributed by atoms with E-state index in [2.05, 4.69) is 16.8 Å². The topological polar surface area (TPSA) is 30.0 Å². The zero-order valence-corrected chi connectivity index (χ0v) is 6.16. The maximum absolute atomic E-state index is 9.84. The number of aldehydes is 1. The van der Waals surface area contributed by atoms with Gasteiger partial charge in [-0.05, 0) is 30.4 Å². The van der Waals surface area contributed by atoms with Crippen LogP contribution in [0.25, 0.3) is 0 Å². The number of pyridine rings is 1. The lowest BCUT2D eigenvalue weighted by atomic mass is 10.3. The molecule has 0 saturated carbocycles. The molecule has 0 spiro atoms. The highest BCUT2D eigenvalue weighted by Crippen LogP contribution is 1.95. The van der Waals surface area contributed by atoms with Crippen molar-refractivity contribution in [1.29, 1.82) is 0 Å². The number of hydrogen-bond donors (Lipinski definition) is 0. The highest BCUT2D eigenvalue weighted by atomic mass is 16.1. The molecule has 11 heavy (non-hydrogen) atoms. The molecule has 2 heteroatoms. The van der Waals surface area contributed by atoms with Crippen molar-refractivity contribution in [3.8, 4) is 11.8 Å². The maximum atomic E-state index is 9.84. The van der Waals surface area contributed by atoms with Gasteiger partial charge in [-0.15, -0.1) is 0 Å². The fraction of sp³-hybridized carbons (Fsp3) is 0.111. The van der Waals surface area contributed by atoms with Gasteiger partial charge in [0.05, 0.1) is 0 Å². The van der Waals surface area contributed by atoms with Crippen LogP contribution in [0.15, 0.2) is 18.3 Å². The van der Waals surface area contributed by atoms with Gasteiger partial charge in [0.1, 0.15) is 5.69 Å². The standard InChI is InChI=1S/C9H7NO/c1-8-4-5-9(10-7-8)3-2-6-11/h4-7H,1H3. The Morgan fingerprint density at radius 3 is 2.91 bits per heavy atom. The highest BCUT2D eigenvalue weighted by molar-refractivity contribution is 5.73. The van der Waals surface area contributed by atoms with Crippen LogP contribution < -0.4 is 0 Å². The van der Waals surface area contributed by atoms with Crippen molar-refractivity contribution < 1.29 is 4.79 Å². The van der Waals surface area contributed by atoms with E-state index >= 15 is 0 Å². The van der Waals surface area contributed by atoms with E-state index in [1.54, 1.807) is 12.3 Å². The van der Waals surface area contributed by atoms with E-state index in [0.717, 1.165) is 5.56 Å². The molecular formula is C9H7NO. The third kappa shape index (κ3) is 2.23. The number of aromatic nitrogens is 1. The molecule has 0 unspecified atom stereocenters. The summed E-state index contributed by atoms with van der Waals surface area (Å²) in [5, 5.41) is 0. The first-order valence-electron chi connectivity index (χ1n) is 3.21. The summed E-state index contributed by atoms with van der Waals surface area (Å²) in [4.78, 5) is 13.8. The van der Waals surface area contributed by atoms with Gasteiger partial charge >= 0.3 is 0 Å². The van der Waals surface area contributed by atoms with Gasteiger partial charge in [0.15, 0.2) is 6.29 Å². The Bertz CT molecular complexity index is 303. The third-order valence-corrected chi connectivity index (χ3v) is 1.17. The predicted molar refractivity (Wildman–Crippen MR) is 41.9 cm³/mol. The molecule has 0 saturated heterocycles. The Balaban J connectivity index is 2.90. The molecule has 0 N–H and O–H groups in total. The smallest absolute Gasteiger partial charge is 0.193 e. The van der Waals surface area contributed by atoms with Crippen molar-refractivity contribution in [2.24, 2.45) is 0 Å². The van der Waals surface area contributed by atoms with Gasteiger partial charge in [-0.3, -0.25) is 4.79 Å². The molecule has 0 amide bonds. The number of rotatable bonds is 0. The Labute approximate surface area is 65.3 Å². The minimum atomic E-state index is 0.557. The molecule has 0 fully saturated rings. The van der Waals surface area contributed by atoms with E-state index < -0.39 is 0 Å². The van der Waals surface area contributed by atoms with Crippen LogP contribution in [-0.2, 0) is 4.79 Å². The first-order valence-corrected chi connectivity index (χ1v) is 3.21. The summed E-state index contributed by atoms with van der Waals surface area (Å²) in [6, 6.07) is 3.69. The third-order valence-electron chi connectivity index (χ3n) is 1.17. The number of carbonyl (C=O) groups excluding carboxylic acids is 1. The molecule has 1 heterocycles. The summed E-state index contributed by atoms with van der Waals surface area (Å²) in [7, 11) is 0. The molecule has 0 aliphatic rings. The fourth-order valence-corrected chi connectivity index (χ4v) is 0.645. The Kier molecular flexibility index (Phi) is 2.40. The number of carbonyl (C=O) groups is 1. The zero-order chi connectivity index (χ0) is 8.10. The molecule has 54 valence electrons. The lowest BCUT2D eigenvalue weighted by Crippen LogP contribution is -1.81. The van der Waals surface area contributed by atoms with Gasteiger partial charge in [-0.25, -0.2) is 4.98 Å². The van der Waals surface area contributed by atoms with Gasteiger partial charge in [-0.2, -0.15) is 0 Å². The van der Waals surface area contributed by atoms with Crippen LogP contribution in [0.3, 0.4) is 0 Å². The van der Waals surface area contributed by atoms with Crippen molar-refractivity contribution in [1.82, 2.24) is 4.98 Å². The van der Waals surface area contributed by atoms with Crippen LogP contribution in [-0.4, -0.2) is 11.3 Å². The van der Waals surface area contributed by atoms with Crippen LogP contribution in [0.1, 0.15) is 11.3 Å². The highest BCUT2D eigenvalue weighted by Gasteiger charge is 1.85. The quantitative estimate of drug-likeness (QED) is 0.401. The molecule has 0 aromatic carbocycles. The minimum absolute atomic E-state index is 0.557. The molecule has 1 aromatic rings. The second-order valence-corrected chi connectivity index (χ2v) is 2.11. The Hall–Kier alpha value is -1.62. The SMILES string of the molecule is Cc1ccc(C#CC=O)nc1. The molecule has 0 bridgehead atoms. The largest absolute Gasteiger partial charge is 0.289 e. The maximum Gasteiger partial charge on any atom is 0.193 e. The molecule has 0 aliphatic heterocycles. The molecular weight excluding hydrogens is 138 g/mol. The Morgan fingerprint density at radius 1 is 1.55 bits per heavy atom. The second kappa shape index (κ2) is 3.52. The number of nitrogens with zero attached hydrogens (tertiary/aromatic N) is 1. The second-order valence-electron chi connectivity index (χ2n) is 2.11. The van der Waals surface area contributed by atoms with Crippen molar-refractivity contribution in [3.05, 3.63) is 29.6 Å². The van der Waals surface area contributed by atoms with Gasteiger partial charge in [-0.1, -0.05) is 6.07 Å². The van der Waals surface area contributed by atoms with Gasteiger partial charge < -0.3 is 0 Å². The van der Waals surface area contributed by atoms with E-state index in [1.165, 1.54) is 0 Å². The van der Waals surface area contributed by atoms with Crippen molar-refractivity contribution in [2.75, 3.05) is 0 Å². The molecule has 0 radical (unpaired) electrons. The number of hydrogen-bond acceptors (Lipinski definition) is 2. The average molecular weight is 145 g/mol. The summed E-state index contributed by atoms with van der Waals surface area (Å²) in [6.07, 6.45) is 2.27. The molecule has 0 atom stereocenters. The van der Waals surface area contributed by atoms with Crippen LogP contribution in [0.5, 0.6) is 0 Å². The average Bonchev–Trinajstić information content (AvgIpc) is 2.04. The summed E-state index contributed by atoms with van der Waals surface area (Å²) in [5.74, 6) is 4.88. The summed E-state index contributed by atoms with van der Waals surface area (Å²) in [6.45, 7) is 1.95. The first kappa shape index (κ1) is 7.49. The van der Waals surface area contributed by atoms with Crippen molar-refractivity contribution in [3.63, 3.8) is 0 Å². The minimum Gasteiger partial charge on any atom is -0.289 e. The molecule has 1 aromatic heterocycles. The van der Waals surface area contributed by atoms with Crippen molar-refractivity contribution in [2.45, 2.75) is 6.92 Å². The fourth-order valence-electron chi connectivity index (χ4n) is 0.645. The van der Waals surface area contributed by atoms with Crippen molar-refractivity contribution >= 4 is 6.29 Å². The molecule has 2 nitrogen and oxygen atoms in total. The summed E-state index contributed by atoms with van der Waals surface area (Å²) >= 11 is 0. The Morgan fingerprint density at radius 2 is 2.36 bits per heavy atom. The predicted octanol–water partition coefficient (Wildman–Crippen LogP) is 0.940. The van der Waals surface area contributed by atoms with E-state index in [4.69, 9.17) is 0 Å². The van der Waals surface area contributed by atoms with Crippen LogP contribution in [0, 0.1) is 18.8 Å². The lowest BCUT2D eigenvalue weighted by molar-refractivity contribution is -0.103. The molecule has 1 rings (SSSR count). The van der Waals surface area contributed by atoms with Crippen LogP contribution >= 0.6 is 0 Å². The van der Waals surface area contributed by atoms with Gasteiger partial charge in [0, 0.05) is 6.20 Å². The van der Waals surface area contributed by atoms with E-state index in [-0.39, 0.29) is 0 Å². The van der Waals surface area contributed by atoms with Crippen LogP contribution in [0.2, 0.25) is 0 Å². The first-order chi connectivity index (χ1) is 5.33. The number of aryl methyl sites for hydroxylation is 1.